The molecule has 0 aliphatic carbocycles. The van der Waals surface area contributed by atoms with E-state index in [1.165, 1.54) is 0 Å². The van der Waals surface area contributed by atoms with Crippen molar-refractivity contribution in [2.24, 2.45) is 11.5 Å². The minimum atomic E-state index is -1.69. The van der Waals surface area contributed by atoms with Crippen LogP contribution >= 0.6 is 0 Å². The third-order valence-corrected chi connectivity index (χ3v) is 3.66. The number of primary amides is 1. The molecule has 0 radical (unpaired) electrons. The van der Waals surface area contributed by atoms with Crippen LogP contribution in [0, 0.1) is 0 Å². The Morgan fingerprint density at radius 2 is 1.23 bits per heavy atom. The lowest BCUT2D eigenvalue weighted by atomic mass is 10.1. The van der Waals surface area contributed by atoms with E-state index in [-0.39, 0.29) is 12.8 Å². The number of hydrogen-bond donors (Lipinski definition) is 9. The molecule has 0 heterocycles. The summed E-state index contributed by atoms with van der Waals surface area (Å²) in [6.07, 6.45) is -1.48. The second-order valence-corrected chi connectivity index (χ2v) is 6.10. The molecule has 0 aromatic carbocycles. The number of amides is 4. The van der Waals surface area contributed by atoms with E-state index in [9.17, 15) is 33.9 Å². The van der Waals surface area contributed by atoms with E-state index < -0.39 is 79.4 Å². The summed E-state index contributed by atoms with van der Waals surface area (Å²) in [5, 5.41) is 41.8. The van der Waals surface area contributed by atoms with Gasteiger partial charge in [-0.2, -0.15) is 0 Å². The first kappa shape index (κ1) is 26.7. The van der Waals surface area contributed by atoms with Crippen LogP contribution in [0.1, 0.15) is 19.3 Å². The number of aliphatic hydroxyl groups is 2. The summed E-state index contributed by atoms with van der Waals surface area (Å²) in [4.78, 5) is 68.8. The Morgan fingerprint density at radius 3 is 1.67 bits per heavy atom. The zero-order valence-electron chi connectivity index (χ0n) is 15.7. The van der Waals surface area contributed by atoms with Crippen LogP contribution in [0.4, 0.5) is 0 Å². The van der Waals surface area contributed by atoms with Gasteiger partial charge in [0.15, 0.2) is 0 Å². The SMILES string of the molecule is NC(=O)CCC(NC(=O)C(CO)NC(=O)C(N)CC(=O)O)C(=O)NC(CO)C(=O)O. The average molecular weight is 435 g/mol. The third-order valence-electron chi connectivity index (χ3n) is 3.66. The quantitative estimate of drug-likeness (QED) is 0.124. The summed E-state index contributed by atoms with van der Waals surface area (Å²) in [6, 6.07) is -6.33. The van der Waals surface area contributed by atoms with Crippen molar-refractivity contribution >= 4 is 35.6 Å². The molecule has 4 atom stereocenters. The van der Waals surface area contributed by atoms with Gasteiger partial charge in [0.05, 0.1) is 25.7 Å². The molecule has 11 N–H and O–H groups in total. The highest BCUT2D eigenvalue weighted by molar-refractivity contribution is 5.95. The molecule has 0 saturated heterocycles. The van der Waals surface area contributed by atoms with Gasteiger partial charge >= 0.3 is 11.9 Å². The normalized spacial score (nSPS) is 14.5. The Bertz CT molecular complexity index is 670. The molecule has 4 amide bonds. The van der Waals surface area contributed by atoms with Crippen LogP contribution in [0.15, 0.2) is 0 Å². The van der Waals surface area contributed by atoms with Crippen LogP contribution < -0.4 is 27.4 Å². The number of carboxylic acid groups (broad SMARTS) is 2. The fourth-order valence-electron chi connectivity index (χ4n) is 2.04. The van der Waals surface area contributed by atoms with Crippen LogP contribution in [0.25, 0.3) is 0 Å². The monoisotopic (exact) mass is 435 g/mol. The number of aliphatic hydroxyl groups excluding tert-OH is 2. The Labute approximate surface area is 169 Å². The van der Waals surface area contributed by atoms with Gasteiger partial charge in [-0.25, -0.2) is 4.79 Å². The Morgan fingerprint density at radius 1 is 0.767 bits per heavy atom. The summed E-state index contributed by atoms with van der Waals surface area (Å²) in [5.41, 5.74) is 10.3. The summed E-state index contributed by atoms with van der Waals surface area (Å²) >= 11 is 0. The van der Waals surface area contributed by atoms with Gasteiger partial charge in [0.25, 0.3) is 0 Å². The van der Waals surface area contributed by atoms with Crippen LogP contribution in [-0.4, -0.2) is 93.4 Å². The summed E-state index contributed by atoms with van der Waals surface area (Å²) < 4.78 is 0. The maximum atomic E-state index is 12.3. The number of carbonyl (C=O) groups is 6. The van der Waals surface area contributed by atoms with Crippen molar-refractivity contribution in [2.75, 3.05) is 13.2 Å². The number of rotatable bonds is 14. The minimum absolute atomic E-state index is 0.352. The van der Waals surface area contributed by atoms with Crippen molar-refractivity contribution in [2.45, 2.75) is 43.4 Å². The standard InChI is InChI=1S/C15H25N5O10/c16-6(3-11(24)25)12(26)19-8(4-21)14(28)18-7(1-2-10(17)23)13(27)20-9(5-22)15(29)30/h6-9,21-22H,1-5,16H2,(H2,17,23)(H,18,28)(H,19,26)(H,20,27)(H,24,25)(H,29,30). The molecular weight excluding hydrogens is 410 g/mol. The van der Waals surface area contributed by atoms with Gasteiger partial charge in [0.2, 0.25) is 23.6 Å². The van der Waals surface area contributed by atoms with E-state index in [4.69, 9.17) is 26.8 Å². The number of carboxylic acids is 2. The van der Waals surface area contributed by atoms with Crippen LogP contribution in [0.3, 0.4) is 0 Å². The van der Waals surface area contributed by atoms with Gasteiger partial charge in [-0.3, -0.25) is 24.0 Å². The van der Waals surface area contributed by atoms with E-state index in [1.807, 2.05) is 10.6 Å². The molecule has 30 heavy (non-hydrogen) atoms. The van der Waals surface area contributed by atoms with Crippen LogP contribution in [0.5, 0.6) is 0 Å². The zero-order chi connectivity index (χ0) is 23.4. The van der Waals surface area contributed by atoms with Gasteiger partial charge in [-0.05, 0) is 6.42 Å². The summed E-state index contributed by atoms with van der Waals surface area (Å²) in [7, 11) is 0. The van der Waals surface area contributed by atoms with Gasteiger partial charge in [-0.1, -0.05) is 0 Å². The largest absolute Gasteiger partial charge is 0.481 e. The fourth-order valence-corrected chi connectivity index (χ4v) is 2.04. The molecule has 0 rings (SSSR count). The highest BCUT2D eigenvalue weighted by atomic mass is 16.4. The first-order chi connectivity index (χ1) is 13.9. The van der Waals surface area contributed by atoms with Gasteiger partial charge in [0, 0.05) is 6.42 Å². The maximum absolute atomic E-state index is 12.3. The number of aliphatic carboxylic acids is 2. The van der Waals surface area contributed by atoms with Crippen molar-refractivity contribution < 1.29 is 49.2 Å². The van der Waals surface area contributed by atoms with Crippen molar-refractivity contribution in [3.63, 3.8) is 0 Å². The minimum Gasteiger partial charge on any atom is -0.481 e. The zero-order valence-corrected chi connectivity index (χ0v) is 15.7. The van der Waals surface area contributed by atoms with E-state index in [1.54, 1.807) is 0 Å². The molecule has 15 heteroatoms. The van der Waals surface area contributed by atoms with E-state index in [2.05, 4.69) is 5.32 Å². The molecule has 4 unspecified atom stereocenters. The van der Waals surface area contributed by atoms with E-state index in [0.717, 1.165) is 0 Å². The summed E-state index contributed by atoms with van der Waals surface area (Å²) in [6.45, 7) is -1.90. The highest BCUT2D eigenvalue weighted by Crippen LogP contribution is 2.01. The predicted octanol–water partition coefficient (Wildman–Crippen LogP) is -5.42. The van der Waals surface area contributed by atoms with Crippen LogP contribution in [0.2, 0.25) is 0 Å². The molecule has 0 fully saturated rings. The van der Waals surface area contributed by atoms with Crippen molar-refractivity contribution in [1.82, 2.24) is 16.0 Å². The van der Waals surface area contributed by atoms with E-state index >= 15 is 0 Å². The van der Waals surface area contributed by atoms with Crippen molar-refractivity contribution in [3.8, 4) is 0 Å². The second kappa shape index (κ2) is 13.0. The molecule has 0 bridgehead atoms. The number of nitrogens with two attached hydrogens (primary N) is 2. The number of hydrogen-bond acceptors (Lipinski definition) is 9. The Kier molecular flexibility index (Phi) is 11.6. The smallest absolute Gasteiger partial charge is 0.328 e. The molecule has 0 spiro atoms. The first-order valence-corrected chi connectivity index (χ1v) is 8.54. The first-order valence-electron chi connectivity index (χ1n) is 8.54. The molecular formula is C15H25N5O10. The van der Waals surface area contributed by atoms with Crippen LogP contribution in [-0.2, 0) is 28.8 Å². The molecule has 0 saturated carbocycles. The fraction of sp³-hybridized carbons (Fsp3) is 0.600. The van der Waals surface area contributed by atoms with Crippen molar-refractivity contribution in [1.29, 1.82) is 0 Å². The Balaban J connectivity index is 5.23. The maximum Gasteiger partial charge on any atom is 0.328 e. The van der Waals surface area contributed by atoms with Gasteiger partial charge < -0.3 is 47.8 Å². The highest BCUT2D eigenvalue weighted by Gasteiger charge is 2.30. The van der Waals surface area contributed by atoms with Gasteiger partial charge in [0.1, 0.15) is 18.1 Å². The number of nitrogens with one attached hydrogen (secondary N) is 3. The molecule has 170 valence electrons. The summed E-state index contributed by atoms with van der Waals surface area (Å²) in [5.74, 6) is -6.99. The predicted molar refractivity (Wildman–Crippen MR) is 96.3 cm³/mol. The molecule has 0 aliphatic rings. The Hall–Kier alpha value is -3.30. The molecule has 0 aliphatic heterocycles. The molecule has 0 aromatic rings. The van der Waals surface area contributed by atoms with Crippen molar-refractivity contribution in [3.05, 3.63) is 0 Å². The second-order valence-electron chi connectivity index (χ2n) is 6.10. The lowest BCUT2D eigenvalue weighted by Gasteiger charge is -2.23. The lowest BCUT2D eigenvalue weighted by Crippen LogP contribution is -2.58. The van der Waals surface area contributed by atoms with E-state index in [0.29, 0.717) is 0 Å². The topological polar surface area (TPSA) is 271 Å². The number of carbonyl (C=O) groups excluding carboxylic acids is 4. The molecule has 15 nitrogen and oxygen atoms in total. The average Bonchev–Trinajstić information content (AvgIpc) is 2.65. The lowest BCUT2D eigenvalue weighted by molar-refractivity contribution is -0.143. The molecule has 0 aromatic heterocycles. The van der Waals surface area contributed by atoms with Gasteiger partial charge in [-0.15, -0.1) is 0 Å². The third kappa shape index (κ3) is 9.76.